The summed E-state index contributed by atoms with van der Waals surface area (Å²) in [5.41, 5.74) is 0. The van der Waals surface area contributed by atoms with Crippen LogP contribution in [0.1, 0.15) is 64.7 Å². The standard InChI is InChI=1S/C15H28N2O2/c1-14(18)16-11-9-13-17-12-8-6-4-2-3-5-7-10-15(17)19/h2-13H2,1H3,(H,16,18). The highest BCUT2D eigenvalue weighted by molar-refractivity contribution is 5.76. The lowest BCUT2D eigenvalue weighted by atomic mass is 10.1. The van der Waals surface area contributed by atoms with Gasteiger partial charge in [0, 0.05) is 33.0 Å². The molecule has 1 heterocycles. The van der Waals surface area contributed by atoms with Gasteiger partial charge in [0.25, 0.3) is 0 Å². The summed E-state index contributed by atoms with van der Waals surface area (Å²) in [5.74, 6) is 0.300. The SMILES string of the molecule is CC(=O)NCCCN1CCCCCCCCCC1=O. The van der Waals surface area contributed by atoms with Gasteiger partial charge in [0.2, 0.25) is 11.8 Å². The minimum absolute atomic E-state index is 0.00349. The van der Waals surface area contributed by atoms with Crippen molar-refractivity contribution in [3.05, 3.63) is 0 Å². The predicted molar refractivity (Wildman–Crippen MR) is 76.8 cm³/mol. The van der Waals surface area contributed by atoms with Gasteiger partial charge in [-0.1, -0.05) is 32.1 Å². The molecule has 0 saturated carbocycles. The Morgan fingerprint density at radius 3 is 2.42 bits per heavy atom. The number of carbonyl (C=O) groups is 2. The molecule has 110 valence electrons. The van der Waals surface area contributed by atoms with Crippen molar-refractivity contribution in [2.75, 3.05) is 19.6 Å². The minimum Gasteiger partial charge on any atom is -0.356 e. The lowest BCUT2D eigenvalue weighted by molar-refractivity contribution is -0.131. The van der Waals surface area contributed by atoms with Gasteiger partial charge in [-0.3, -0.25) is 9.59 Å². The van der Waals surface area contributed by atoms with Crippen LogP contribution in [0.15, 0.2) is 0 Å². The zero-order valence-electron chi connectivity index (χ0n) is 12.2. The van der Waals surface area contributed by atoms with Crippen LogP contribution in [0.25, 0.3) is 0 Å². The van der Waals surface area contributed by atoms with Crippen molar-refractivity contribution in [1.29, 1.82) is 0 Å². The van der Waals surface area contributed by atoms with E-state index < -0.39 is 0 Å². The van der Waals surface area contributed by atoms with E-state index in [-0.39, 0.29) is 5.91 Å². The van der Waals surface area contributed by atoms with Crippen LogP contribution in [0.4, 0.5) is 0 Å². The van der Waals surface area contributed by atoms with Crippen LogP contribution in [0.5, 0.6) is 0 Å². The fraction of sp³-hybridized carbons (Fsp3) is 0.867. The number of nitrogens with one attached hydrogen (secondary N) is 1. The van der Waals surface area contributed by atoms with Gasteiger partial charge in [-0.15, -0.1) is 0 Å². The Kier molecular flexibility index (Phi) is 8.26. The van der Waals surface area contributed by atoms with Gasteiger partial charge < -0.3 is 10.2 Å². The molecule has 1 aliphatic rings. The molecule has 0 aromatic heterocycles. The van der Waals surface area contributed by atoms with Crippen LogP contribution in [0.3, 0.4) is 0 Å². The fourth-order valence-electron chi connectivity index (χ4n) is 2.52. The molecular formula is C15H28N2O2. The Hall–Kier alpha value is -1.06. The van der Waals surface area contributed by atoms with Crippen molar-refractivity contribution in [2.24, 2.45) is 0 Å². The molecule has 0 aliphatic carbocycles. The molecule has 1 aliphatic heterocycles. The third-order valence-corrected chi connectivity index (χ3v) is 3.65. The first-order valence-electron chi connectivity index (χ1n) is 7.72. The van der Waals surface area contributed by atoms with Crippen molar-refractivity contribution in [3.8, 4) is 0 Å². The monoisotopic (exact) mass is 268 g/mol. The molecule has 0 unspecified atom stereocenters. The number of nitrogens with zero attached hydrogens (tertiary/aromatic N) is 1. The van der Waals surface area contributed by atoms with Crippen LogP contribution in [-0.4, -0.2) is 36.3 Å². The molecule has 0 aromatic rings. The topological polar surface area (TPSA) is 49.4 Å². The van der Waals surface area contributed by atoms with E-state index in [9.17, 15) is 9.59 Å². The third kappa shape index (κ3) is 7.85. The molecule has 0 radical (unpaired) electrons. The van der Waals surface area contributed by atoms with Gasteiger partial charge in [0.05, 0.1) is 0 Å². The van der Waals surface area contributed by atoms with Crippen LogP contribution < -0.4 is 5.32 Å². The van der Waals surface area contributed by atoms with E-state index in [2.05, 4.69) is 5.32 Å². The lowest BCUT2D eigenvalue weighted by Crippen LogP contribution is -2.34. The molecule has 4 nitrogen and oxygen atoms in total. The Morgan fingerprint density at radius 2 is 1.74 bits per heavy atom. The average Bonchev–Trinajstić information content (AvgIpc) is 2.41. The number of amides is 2. The average molecular weight is 268 g/mol. The summed E-state index contributed by atoms with van der Waals surface area (Å²) in [5, 5.41) is 2.78. The zero-order chi connectivity index (χ0) is 13.9. The Morgan fingerprint density at radius 1 is 1.11 bits per heavy atom. The van der Waals surface area contributed by atoms with E-state index in [0.29, 0.717) is 18.9 Å². The smallest absolute Gasteiger partial charge is 0.222 e. The van der Waals surface area contributed by atoms with Crippen LogP contribution in [0, 0.1) is 0 Å². The lowest BCUT2D eigenvalue weighted by Gasteiger charge is -2.22. The maximum atomic E-state index is 12.1. The van der Waals surface area contributed by atoms with E-state index in [0.717, 1.165) is 32.4 Å². The molecule has 0 spiro atoms. The molecule has 1 rings (SSSR count). The van der Waals surface area contributed by atoms with Gasteiger partial charge in [-0.2, -0.15) is 0 Å². The highest BCUT2D eigenvalue weighted by Crippen LogP contribution is 2.13. The Balaban J connectivity index is 2.31. The second kappa shape index (κ2) is 9.82. The summed E-state index contributed by atoms with van der Waals surface area (Å²) < 4.78 is 0. The van der Waals surface area contributed by atoms with Gasteiger partial charge in [-0.05, 0) is 19.3 Å². The quantitative estimate of drug-likeness (QED) is 0.796. The summed E-state index contributed by atoms with van der Waals surface area (Å²) in [6.45, 7) is 3.86. The molecular weight excluding hydrogens is 240 g/mol. The summed E-state index contributed by atoms with van der Waals surface area (Å²) in [6.07, 6.45) is 10.00. The molecule has 1 saturated heterocycles. The predicted octanol–water partition coefficient (Wildman–Crippen LogP) is 2.48. The van der Waals surface area contributed by atoms with Crippen molar-refractivity contribution < 1.29 is 9.59 Å². The minimum atomic E-state index is 0.00349. The molecule has 4 heteroatoms. The Labute approximate surface area is 116 Å². The second-order valence-corrected chi connectivity index (χ2v) is 5.44. The number of hydrogen-bond acceptors (Lipinski definition) is 2. The first kappa shape index (κ1) is 16.0. The van der Waals surface area contributed by atoms with Crippen LogP contribution in [-0.2, 0) is 9.59 Å². The van der Waals surface area contributed by atoms with Gasteiger partial charge >= 0.3 is 0 Å². The molecule has 1 N–H and O–H groups in total. The highest BCUT2D eigenvalue weighted by Gasteiger charge is 2.13. The van der Waals surface area contributed by atoms with E-state index >= 15 is 0 Å². The van der Waals surface area contributed by atoms with Crippen molar-refractivity contribution in [2.45, 2.75) is 64.7 Å². The maximum Gasteiger partial charge on any atom is 0.222 e. The van der Waals surface area contributed by atoms with Crippen molar-refractivity contribution in [1.82, 2.24) is 10.2 Å². The second-order valence-electron chi connectivity index (χ2n) is 5.44. The molecule has 2 amide bonds. The zero-order valence-corrected chi connectivity index (χ0v) is 12.2. The summed E-state index contributed by atoms with van der Waals surface area (Å²) in [4.78, 5) is 24.9. The van der Waals surface area contributed by atoms with Gasteiger partial charge in [-0.25, -0.2) is 0 Å². The summed E-state index contributed by atoms with van der Waals surface area (Å²) >= 11 is 0. The van der Waals surface area contributed by atoms with Crippen molar-refractivity contribution in [3.63, 3.8) is 0 Å². The first-order chi connectivity index (χ1) is 9.20. The third-order valence-electron chi connectivity index (χ3n) is 3.65. The van der Waals surface area contributed by atoms with E-state index in [4.69, 9.17) is 0 Å². The first-order valence-corrected chi connectivity index (χ1v) is 7.72. The number of hydrogen-bond donors (Lipinski definition) is 1. The summed E-state index contributed by atoms with van der Waals surface area (Å²) in [6, 6.07) is 0. The largest absolute Gasteiger partial charge is 0.356 e. The molecule has 1 fully saturated rings. The number of carbonyl (C=O) groups excluding carboxylic acids is 2. The fourth-order valence-corrected chi connectivity index (χ4v) is 2.52. The van der Waals surface area contributed by atoms with Gasteiger partial charge in [0.15, 0.2) is 0 Å². The summed E-state index contributed by atoms with van der Waals surface area (Å²) in [7, 11) is 0. The van der Waals surface area contributed by atoms with Gasteiger partial charge in [0.1, 0.15) is 0 Å². The maximum absolute atomic E-state index is 12.1. The van der Waals surface area contributed by atoms with Crippen molar-refractivity contribution >= 4 is 11.8 Å². The van der Waals surface area contributed by atoms with E-state index in [1.165, 1.54) is 39.0 Å². The Bertz CT molecular complexity index is 279. The van der Waals surface area contributed by atoms with Crippen LogP contribution in [0.2, 0.25) is 0 Å². The van der Waals surface area contributed by atoms with E-state index in [1.54, 1.807) is 0 Å². The normalized spacial score (nSPS) is 18.8. The highest BCUT2D eigenvalue weighted by atomic mass is 16.2. The van der Waals surface area contributed by atoms with E-state index in [1.807, 2.05) is 4.90 Å². The molecule has 0 bridgehead atoms. The molecule has 0 aromatic carbocycles. The molecule has 0 atom stereocenters. The number of rotatable bonds is 4. The molecule has 19 heavy (non-hydrogen) atoms. The van der Waals surface area contributed by atoms with Crippen LogP contribution >= 0.6 is 0 Å².